The van der Waals surface area contributed by atoms with Crippen LogP contribution in [-0.2, 0) is 19.1 Å². The standard InChI is InChI=1S/C23H23NO6/c1-4-30-22(26)14-17-16-7-5-6-8-18(16)24(23(17)27)21(25)12-10-15-9-11-19(28-2)20(13-15)29-3/h5-13,17H,4,14H2,1-3H3. The van der Waals surface area contributed by atoms with Gasteiger partial charge in [-0.3, -0.25) is 14.4 Å². The lowest BCUT2D eigenvalue weighted by atomic mass is 9.97. The summed E-state index contributed by atoms with van der Waals surface area (Å²) in [5.74, 6) is -1.03. The van der Waals surface area contributed by atoms with Gasteiger partial charge in [0.1, 0.15) is 0 Å². The van der Waals surface area contributed by atoms with Gasteiger partial charge in [-0.2, -0.15) is 0 Å². The summed E-state index contributed by atoms with van der Waals surface area (Å²) in [6, 6.07) is 12.2. The van der Waals surface area contributed by atoms with E-state index in [4.69, 9.17) is 14.2 Å². The van der Waals surface area contributed by atoms with Crippen molar-refractivity contribution in [1.82, 2.24) is 0 Å². The molecule has 2 aromatic rings. The molecule has 2 amide bonds. The molecule has 1 unspecified atom stereocenters. The quantitative estimate of drug-likeness (QED) is 0.515. The second-order valence-corrected chi connectivity index (χ2v) is 6.58. The molecule has 7 nitrogen and oxygen atoms in total. The van der Waals surface area contributed by atoms with Gasteiger partial charge in [-0.05, 0) is 42.3 Å². The summed E-state index contributed by atoms with van der Waals surface area (Å²) in [7, 11) is 3.07. The monoisotopic (exact) mass is 409 g/mol. The second-order valence-electron chi connectivity index (χ2n) is 6.58. The molecule has 0 saturated heterocycles. The predicted octanol–water partition coefficient (Wildman–Crippen LogP) is 3.33. The zero-order chi connectivity index (χ0) is 21.7. The van der Waals surface area contributed by atoms with Gasteiger partial charge >= 0.3 is 5.97 Å². The molecule has 1 aliphatic heterocycles. The maximum atomic E-state index is 13.0. The number of hydrogen-bond acceptors (Lipinski definition) is 6. The summed E-state index contributed by atoms with van der Waals surface area (Å²) in [5.41, 5.74) is 1.84. The number of carbonyl (C=O) groups is 3. The first-order chi connectivity index (χ1) is 14.5. The number of nitrogens with zero attached hydrogens (tertiary/aromatic N) is 1. The largest absolute Gasteiger partial charge is 0.493 e. The molecule has 156 valence electrons. The van der Waals surface area contributed by atoms with Gasteiger partial charge in [0.15, 0.2) is 11.5 Å². The minimum absolute atomic E-state index is 0.104. The summed E-state index contributed by atoms with van der Waals surface area (Å²) < 4.78 is 15.4. The van der Waals surface area contributed by atoms with Crippen molar-refractivity contribution >= 4 is 29.5 Å². The number of methoxy groups -OCH3 is 2. The molecule has 30 heavy (non-hydrogen) atoms. The topological polar surface area (TPSA) is 82.1 Å². The van der Waals surface area contributed by atoms with E-state index in [9.17, 15) is 14.4 Å². The molecule has 0 spiro atoms. The van der Waals surface area contributed by atoms with E-state index in [2.05, 4.69) is 0 Å². The third-order valence-electron chi connectivity index (χ3n) is 4.79. The number of ether oxygens (including phenoxy) is 3. The number of anilines is 1. The van der Waals surface area contributed by atoms with Crippen molar-refractivity contribution in [3.8, 4) is 11.5 Å². The fourth-order valence-electron chi connectivity index (χ4n) is 3.40. The van der Waals surface area contributed by atoms with Crippen molar-refractivity contribution in [2.45, 2.75) is 19.3 Å². The van der Waals surface area contributed by atoms with Crippen molar-refractivity contribution in [3.05, 3.63) is 59.7 Å². The summed E-state index contributed by atoms with van der Waals surface area (Å²) in [6.07, 6.45) is 2.81. The lowest BCUT2D eigenvalue weighted by molar-refractivity contribution is -0.145. The van der Waals surface area contributed by atoms with E-state index in [1.165, 1.54) is 13.2 Å². The average molecular weight is 409 g/mol. The molecular formula is C23H23NO6. The van der Waals surface area contributed by atoms with Gasteiger partial charge in [-0.15, -0.1) is 0 Å². The number of esters is 1. The highest BCUT2D eigenvalue weighted by Gasteiger charge is 2.41. The van der Waals surface area contributed by atoms with Crippen molar-refractivity contribution in [1.29, 1.82) is 0 Å². The molecular weight excluding hydrogens is 386 g/mol. The number of rotatable bonds is 7. The highest BCUT2D eigenvalue weighted by atomic mass is 16.5. The van der Waals surface area contributed by atoms with Crippen LogP contribution in [0.3, 0.4) is 0 Å². The Kier molecular flexibility index (Phi) is 6.51. The first-order valence-electron chi connectivity index (χ1n) is 9.52. The minimum Gasteiger partial charge on any atom is -0.493 e. The minimum atomic E-state index is -0.737. The Bertz CT molecular complexity index is 997. The molecule has 0 saturated carbocycles. The van der Waals surface area contributed by atoms with Crippen LogP contribution in [0.2, 0.25) is 0 Å². The number of para-hydroxylation sites is 1. The van der Waals surface area contributed by atoms with Gasteiger partial charge < -0.3 is 14.2 Å². The Hall–Kier alpha value is -3.61. The second kappa shape index (κ2) is 9.26. The van der Waals surface area contributed by atoms with E-state index in [0.717, 1.165) is 4.90 Å². The van der Waals surface area contributed by atoms with E-state index in [0.29, 0.717) is 28.3 Å². The zero-order valence-electron chi connectivity index (χ0n) is 17.1. The summed E-state index contributed by atoms with van der Waals surface area (Å²) in [4.78, 5) is 38.9. The molecule has 1 atom stereocenters. The Morgan fingerprint density at radius 3 is 2.50 bits per heavy atom. The summed E-state index contributed by atoms with van der Waals surface area (Å²) in [6.45, 7) is 1.94. The molecule has 2 aromatic carbocycles. The highest BCUT2D eigenvalue weighted by molar-refractivity contribution is 6.25. The molecule has 0 N–H and O–H groups in total. The third kappa shape index (κ3) is 4.20. The molecule has 7 heteroatoms. The van der Waals surface area contributed by atoms with E-state index >= 15 is 0 Å². The van der Waals surface area contributed by atoms with Crippen LogP contribution in [0.15, 0.2) is 48.5 Å². The Morgan fingerprint density at radius 1 is 1.07 bits per heavy atom. The summed E-state index contributed by atoms with van der Waals surface area (Å²) in [5, 5.41) is 0. The molecule has 0 bridgehead atoms. The van der Waals surface area contributed by atoms with Gasteiger partial charge in [-0.25, -0.2) is 4.90 Å². The smallest absolute Gasteiger partial charge is 0.306 e. The van der Waals surface area contributed by atoms with Crippen molar-refractivity contribution in [3.63, 3.8) is 0 Å². The average Bonchev–Trinajstić information content (AvgIpc) is 3.03. The van der Waals surface area contributed by atoms with E-state index < -0.39 is 23.7 Å². The van der Waals surface area contributed by atoms with Crippen molar-refractivity contribution < 1.29 is 28.6 Å². The maximum Gasteiger partial charge on any atom is 0.306 e. The molecule has 0 fully saturated rings. The maximum absolute atomic E-state index is 13.0. The number of hydrogen-bond donors (Lipinski definition) is 0. The Labute approximate surface area is 174 Å². The van der Waals surface area contributed by atoms with Crippen LogP contribution in [0.5, 0.6) is 11.5 Å². The molecule has 0 radical (unpaired) electrons. The number of fused-ring (bicyclic) bond motifs is 1. The van der Waals surface area contributed by atoms with Gasteiger partial charge in [0.05, 0.1) is 38.9 Å². The van der Waals surface area contributed by atoms with Crippen LogP contribution in [-0.4, -0.2) is 38.6 Å². The number of carbonyl (C=O) groups excluding carboxylic acids is 3. The number of benzene rings is 2. The zero-order valence-corrected chi connectivity index (χ0v) is 17.1. The first kappa shape index (κ1) is 21.1. The molecule has 1 heterocycles. The molecule has 0 aromatic heterocycles. The third-order valence-corrected chi connectivity index (χ3v) is 4.79. The van der Waals surface area contributed by atoms with Gasteiger partial charge in [0, 0.05) is 6.08 Å². The highest BCUT2D eigenvalue weighted by Crippen LogP contribution is 2.39. The Morgan fingerprint density at radius 2 is 1.80 bits per heavy atom. The lowest BCUT2D eigenvalue weighted by Gasteiger charge is -2.14. The first-order valence-corrected chi connectivity index (χ1v) is 9.52. The number of amides is 2. The molecule has 1 aliphatic rings. The van der Waals surface area contributed by atoms with Crippen LogP contribution >= 0.6 is 0 Å². The normalized spacial score (nSPS) is 15.2. The van der Waals surface area contributed by atoms with Crippen LogP contribution < -0.4 is 14.4 Å². The lowest BCUT2D eigenvalue weighted by Crippen LogP contribution is -2.34. The summed E-state index contributed by atoms with van der Waals surface area (Å²) >= 11 is 0. The van der Waals surface area contributed by atoms with Gasteiger partial charge in [0.25, 0.3) is 5.91 Å². The fraction of sp³-hybridized carbons (Fsp3) is 0.261. The Balaban J connectivity index is 1.84. The van der Waals surface area contributed by atoms with Gasteiger partial charge in [0.2, 0.25) is 5.91 Å². The van der Waals surface area contributed by atoms with Crippen molar-refractivity contribution in [2.75, 3.05) is 25.7 Å². The van der Waals surface area contributed by atoms with Crippen LogP contribution in [0, 0.1) is 0 Å². The van der Waals surface area contributed by atoms with Crippen LogP contribution in [0.1, 0.15) is 30.4 Å². The van der Waals surface area contributed by atoms with Crippen molar-refractivity contribution in [2.24, 2.45) is 0 Å². The predicted molar refractivity (Wildman–Crippen MR) is 112 cm³/mol. The van der Waals surface area contributed by atoms with E-state index in [1.807, 2.05) is 0 Å². The fourth-order valence-corrected chi connectivity index (χ4v) is 3.40. The molecule has 0 aliphatic carbocycles. The van der Waals surface area contributed by atoms with Gasteiger partial charge in [-0.1, -0.05) is 24.3 Å². The van der Waals surface area contributed by atoms with E-state index in [1.54, 1.807) is 62.6 Å². The van der Waals surface area contributed by atoms with Crippen LogP contribution in [0.4, 0.5) is 5.69 Å². The van der Waals surface area contributed by atoms with E-state index in [-0.39, 0.29) is 13.0 Å². The SMILES string of the molecule is CCOC(=O)CC1C(=O)N(C(=O)C=Cc2ccc(OC)c(OC)c2)c2ccccc21. The number of imide groups is 1. The van der Waals surface area contributed by atoms with Crippen LogP contribution in [0.25, 0.3) is 6.08 Å². The molecule has 3 rings (SSSR count).